The number of amides is 1. The number of carbonyl (C=O) groups excluding carboxylic acids is 1. The standard InChI is InChI=1S/C20H23FN2O/c1-16(18-7-3-2-4-8-18)22-10-12-23(13-11-22)20(24)15-17-6-5-9-19(21)14-17/h2-9,14,16H,10-13,15H2,1H3. The quantitative estimate of drug-likeness (QED) is 0.861. The second kappa shape index (κ2) is 7.58. The Labute approximate surface area is 142 Å². The maximum Gasteiger partial charge on any atom is 0.227 e. The number of rotatable bonds is 4. The van der Waals surface area contributed by atoms with E-state index >= 15 is 0 Å². The number of halogens is 1. The van der Waals surface area contributed by atoms with Crippen molar-refractivity contribution in [2.45, 2.75) is 19.4 Å². The van der Waals surface area contributed by atoms with Crippen LogP contribution in [0.3, 0.4) is 0 Å². The highest BCUT2D eigenvalue weighted by Crippen LogP contribution is 2.21. The van der Waals surface area contributed by atoms with Crippen LogP contribution in [0, 0.1) is 5.82 Å². The van der Waals surface area contributed by atoms with Crippen LogP contribution in [0.2, 0.25) is 0 Å². The highest BCUT2D eigenvalue weighted by Gasteiger charge is 2.24. The number of nitrogens with zero attached hydrogens (tertiary/aromatic N) is 2. The average Bonchev–Trinajstić information content (AvgIpc) is 2.62. The normalized spacial score (nSPS) is 16.8. The summed E-state index contributed by atoms with van der Waals surface area (Å²) < 4.78 is 13.2. The second-order valence-corrected chi connectivity index (χ2v) is 6.31. The molecule has 1 aliphatic heterocycles. The summed E-state index contributed by atoms with van der Waals surface area (Å²) in [5.41, 5.74) is 2.04. The van der Waals surface area contributed by atoms with Gasteiger partial charge in [-0.15, -0.1) is 0 Å². The molecule has 4 heteroatoms. The van der Waals surface area contributed by atoms with E-state index < -0.39 is 0 Å². The smallest absolute Gasteiger partial charge is 0.227 e. The Morgan fingerprint density at radius 1 is 1.04 bits per heavy atom. The van der Waals surface area contributed by atoms with Crippen molar-refractivity contribution < 1.29 is 9.18 Å². The predicted molar refractivity (Wildman–Crippen MR) is 93.1 cm³/mol. The van der Waals surface area contributed by atoms with Crippen LogP contribution in [-0.2, 0) is 11.2 Å². The van der Waals surface area contributed by atoms with Gasteiger partial charge in [0.05, 0.1) is 6.42 Å². The lowest BCUT2D eigenvalue weighted by Crippen LogP contribution is -2.49. The minimum Gasteiger partial charge on any atom is -0.340 e. The molecule has 1 atom stereocenters. The van der Waals surface area contributed by atoms with E-state index in [-0.39, 0.29) is 18.1 Å². The molecule has 1 amide bonds. The van der Waals surface area contributed by atoms with Crippen LogP contribution < -0.4 is 0 Å². The number of carbonyl (C=O) groups is 1. The van der Waals surface area contributed by atoms with E-state index in [9.17, 15) is 9.18 Å². The van der Waals surface area contributed by atoms with Gasteiger partial charge in [-0.05, 0) is 30.2 Å². The molecule has 0 bridgehead atoms. The maximum absolute atomic E-state index is 13.2. The minimum atomic E-state index is -0.290. The highest BCUT2D eigenvalue weighted by atomic mass is 19.1. The molecule has 1 aliphatic rings. The van der Waals surface area contributed by atoms with Crippen molar-refractivity contribution >= 4 is 5.91 Å². The first-order chi connectivity index (χ1) is 11.6. The molecule has 1 heterocycles. The van der Waals surface area contributed by atoms with Crippen molar-refractivity contribution in [1.82, 2.24) is 9.80 Å². The van der Waals surface area contributed by atoms with Gasteiger partial charge in [0, 0.05) is 32.2 Å². The summed E-state index contributed by atoms with van der Waals surface area (Å²) in [6.07, 6.45) is 0.270. The zero-order valence-corrected chi connectivity index (χ0v) is 14.0. The molecule has 2 aromatic rings. The summed E-state index contributed by atoms with van der Waals surface area (Å²) in [6.45, 7) is 5.39. The van der Waals surface area contributed by atoms with Crippen molar-refractivity contribution in [3.8, 4) is 0 Å². The van der Waals surface area contributed by atoms with Gasteiger partial charge in [-0.3, -0.25) is 9.69 Å². The molecule has 24 heavy (non-hydrogen) atoms. The molecule has 0 radical (unpaired) electrons. The molecule has 3 rings (SSSR count). The lowest BCUT2D eigenvalue weighted by atomic mass is 10.1. The summed E-state index contributed by atoms with van der Waals surface area (Å²) >= 11 is 0. The molecule has 0 aliphatic carbocycles. The van der Waals surface area contributed by atoms with Gasteiger partial charge < -0.3 is 4.90 Å². The average molecular weight is 326 g/mol. The number of hydrogen-bond donors (Lipinski definition) is 0. The molecule has 3 nitrogen and oxygen atoms in total. The fourth-order valence-corrected chi connectivity index (χ4v) is 3.23. The molecular weight excluding hydrogens is 303 g/mol. The van der Waals surface area contributed by atoms with Gasteiger partial charge >= 0.3 is 0 Å². The molecular formula is C20H23FN2O. The third-order valence-corrected chi connectivity index (χ3v) is 4.74. The zero-order chi connectivity index (χ0) is 16.9. The molecule has 1 saturated heterocycles. The van der Waals surface area contributed by atoms with E-state index in [0.29, 0.717) is 6.04 Å². The first kappa shape index (κ1) is 16.7. The van der Waals surface area contributed by atoms with Crippen LogP contribution in [0.4, 0.5) is 4.39 Å². The highest BCUT2D eigenvalue weighted by molar-refractivity contribution is 5.78. The van der Waals surface area contributed by atoms with E-state index in [0.717, 1.165) is 31.7 Å². The molecule has 126 valence electrons. The summed E-state index contributed by atoms with van der Waals surface area (Å²) in [7, 11) is 0. The Hall–Kier alpha value is -2.20. The molecule has 0 spiro atoms. The minimum absolute atomic E-state index is 0.0765. The van der Waals surface area contributed by atoms with Crippen LogP contribution in [0.5, 0.6) is 0 Å². The van der Waals surface area contributed by atoms with Gasteiger partial charge in [0.1, 0.15) is 5.82 Å². The van der Waals surface area contributed by atoms with Crippen LogP contribution in [-0.4, -0.2) is 41.9 Å². The van der Waals surface area contributed by atoms with Gasteiger partial charge in [0.2, 0.25) is 5.91 Å². The van der Waals surface area contributed by atoms with Crippen molar-refractivity contribution in [3.63, 3.8) is 0 Å². The van der Waals surface area contributed by atoms with Crippen molar-refractivity contribution in [2.75, 3.05) is 26.2 Å². The molecule has 1 unspecified atom stereocenters. The van der Waals surface area contributed by atoms with Crippen LogP contribution in [0.15, 0.2) is 54.6 Å². The van der Waals surface area contributed by atoms with Gasteiger partial charge in [0.15, 0.2) is 0 Å². The molecule has 0 N–H and O–H groups in total. The van der Waals surface area contributed by atoms with Crippen molar-refractivity contribution in [3.05, 3.63) is 71.5 Å². The first-order valence-corrected chi connectivity index (χ1v) is 8.45. The monoisotopic (exact) mass is 326 g/mol. The summed E-state index contributed by atoms with van der Waals surface area (Å²) in [5.74, 6) is -0.214. The fraction of sp³-hybridized carbons (Fsp3) is 0.350. The topological polar surface area (TPSA) is 23.6 Å². The molecule has 2 aromatic carbocycles. The Morgan fingerprint density at radius 2 is 1.75 bits per heavy atom. The van der Waals surface area contributed by atoms with Gasteiger partial charge in [-0.1, -0.05) is 42.5 Å². The summed E-state index contributed by atoms with van der Waals surface area (Å²) in [6, 6.07) is 17.1. The zero-order valence-electron chi connectivity index (χ0n) is 14.0. The largest absolute Gasteiger partial charge is 0.340 e. The number of piperazine rings is 1. The first-order valence-electron chi connectivity index (χ1n) is 8.45. The van der Waals surface area contributed by atoms with E-state index in [2.05, 4.69) is 36.1 Å². The second-order valence-electron chi connectivity index (χ2n) is 6.31. The van der Waals surface area contributed by atoms with Crippen molar-refractivity contribution in [2.24, 2.45) is 0 Å². The van der Waals surface area contributed by atoms with E-state index in [1.165, 1.54) is 17.7 Å². The summed E-state index contributed by atoms with van der Waals surface area (Å²) in [5, 5.41) is 0. The Kier molecular flexibility index (Phi) is 5.26. The van der Waals surface area contributed by atoms with Gasteiger partial charge in [-0.2, -0.15) is 0 Å². The summed E-state index contributed by atoms with van der Waals surface area (Å²) in [4.78, 5) is 16.7. The molecule has 1 fully saturated rings. The lowest BCUT2D eigenvalue weighted by Gasteiger charge is -2.38. The Morgan fingerprint density at radius 3 is 2.42 bits per heavy atom. The lowest BCUT2D eigenvalue weighted by molar-refractivity contribution is -0.132. The van der Waals surface area contributed by atoms with Gasteiger partial charge in [-0.25, -0.2) is 4.39 Å². The Bertz CT molecular complexity index is 681. The number of hydrogen-bond acceptors (Lipinski definition) is 2. The van der Waals surface area contributed by atoms with E-state index in [1.54, 1.807) is 12.1 Å². The third kappa shape index (κ3) is 4.01. The third-order valence-electron chi connectivity index (χ3n) is 4.74. The molecule has 0 aromatic heterocycles. The van der Waals surface area contributed by atoms with Crippen LogP contribution in [0.1, 0.15) is 24.1 Å². The number of benzene rings is 2. The van der Waals surface area contributed by atoms with Gasteiger partial charge in [0.25, 0.3) is 0 Å². The van der Waals surface area contributed by atoms with Crippen LogP contribution >= 0.6 is 0 Å². The van der Waals surface area contributed by atoms with E-state index in [1.807, 2.05) is 11.0 Å². The predicted octanol–water partition coefficient (Wildman–Crippen LogP) is 3.27. The van der Waals surface area contributed by atoms with Crippen LogP contribution in [0.25, 0.3) is 0 Å². The SMILES string of the molecule is CC(c1ccccc1)N1CCN(C(=O)Cc2cccc(F)c2)CC1. The Balaban J connectivity index is 1.54. The maximum atomic E-state index is 13.2. The van der Waals surface area contributed by atoms with E-state index in [4.69, 9.17) is 0 Å². The fourth-order valence-electron chi connectivity index (χ4n) is 3.23. The van der Waals surface area contributed by atoms with Crippen molar-refractivity contribution in [1.29, 1.82) is 0 Å². The molecule has 0 saturated carbocycles.